The van der Waals surface area contributed by atoms with Gasteiger partial charge in [-0.1, -0.05) is 13.8 Å². The van der Waals surface area contributed by atoms with Gasteiger partial charge in [0.1, 0.15) is 11.5 Å². The van der Waals surface area contributed by atoms with Crippen LogP contribution >= 0.6 is 11.8 Å². The first-order valence-electron chi connectivity index (χ1n) is 6.18. The Morgan fingerprint density at radius 1 is 1.53 bits per heavy atom. The van der Waals surface area contributed by atoms with Crippen LogP contribution in [0.5, 0.6) is 0 Å². The minimum absolute atomic E-state index is 0.0471. The van der Waals surface area contributed by atoms with Crippen molar-refractivity contribution in [3.63, 3.8) is 0 Å². The average molecular weight is 284 g/mol. The monoisotopic (exact) mass is 284 g/mol. The predicted molar refractivity (Wildman–Crippen MR) is 76.2 cm³/mol. The summed E-state index contributed by atoms with van der Waals surface area (Å²) in [5, 5.41) is 14.1. The van der Waals surface area contributed by atoms with E-state index < -0.39 is 10.7 Å². The van der Waals surface area contributed by atoms with Gasteiger partial charge in [-0.15, -0.1) is 0 Å². The van der Waals surface area contributed by atoms with Crippen LogP contribution in [0.15, 0.2) is 18.2 Å². The maximum atomic E-state index is 13.3. The second-order valence-electron chi connectivity index (χ2n) is 5.43. The zero-order chi connectivity index (χ0) is 14.0. The van der Waals surface area contributed by atoms with Crippen LogP contribution in [-0.2, 0) is 0 Å². The van der Waals surface area contributed by atoms with E-state index in [-0.39, 0.29) is 22.8 Å². The van der Waals surface area contributed by atoms with Gasteiger partial charge < -0.3 is 5.32 Å². The molecule has 0 bridgehead atoms. The van der Waals surface area contributed by atoms with Crippen molar-refractivity contribution >= 4 is 23.1 Å². The summed E-state index contributed by atoms with van der Waals surface area (Å²) in [6.07, 6.45) is 1.04. The second-order valence-corrected chi connectivity index (χ2v) is 6.58. The number of thioether (sulfide) groups is 1. The molecule has 0 saturated carbocycles. The van der Waals surface area contributed by atoms with Gasteiger partial charge in [-0.3, -0.25) is 10.1 Å². The van der Waals surface area contributed by atoms with Crippen molar-refractivity contribution in [2.75, 3.05) is 16.8 Å². The molecule has 1 heterocycles. The van der Waals surface area contributed by atoms with Crippen molar-refractivity contribution in [2.45, 2.75) is 26.3 Å². The average Bonchev–Trinajstić information content (AvgIpc) is 2.31. The van der Waals surface area contributed by atoms with Crippen LogP contribution in [0.4, 0.5) is 15.8 Å². The highest BCUT2D eigenvalue weighted by molar-refractivity contribution is 7.99. The molecule has 1 saturated heterocycles. The van der Waals surface area contributed by atoms with Gasteiger partial charge in [-0.25, -0.2) is 4.39 Å². The third-order valence-corrected chi connectivity index (χ3v) is 4.67. The van der Waals surface area contributed by atoms with Crippen LogP contribution in [0.1, 0.15) is 20.3 Å². The van der Waals surface area contributed by atoms with Gasteiger partial charge in [-0.2, -0.15) is 11.8 Å². The van der Waals surface area contributed by atoms with Gasteiger partial charge in [-0.05, 0) is 23.7 Å². The van der Waals surface area contributed by atoms with Crippen molar-refractivity contribution in [2.24, 2.45) is 5.41 Å². The maximum absolute atomic E-state index is 13.3. The zero-order valence-corrected chi connectivity index (χ0v) is 11.8. The maximum Gasteiger partial charge on any atom is 0.292 e. The predicted octanol–water partition coefficient (Wildman–Crippen LogP) is 3.68. The number of halogens is 1. The fourth-order valence-corrected chi connectivity index (χ4v) is 3.75. The lowest BCUT2D eigenvalue weighted by Crippen LogP contribution is -2.41. The summed E-state index contributed by atoms with van der Waals surface area (Å²) in [5.41, 5.74) is 0.240. The van der Waals surface area contributed by atoms with Crippen LogP contribution in [0, 0.1) is 21.3 Å². The molecule has 0 aromatic heterocycles. The summed E-state index contributed by atoms with van der Waals surface area (Å²) in [6.45, 7) is 4.27. The number of hydrogen-bond acceptors (Lipinski definition) is 4. The normalized spacial score (nSPS) is 21.9. The van der Waals surface area contributed by atoms with Crippen LogP contribution < -0.4 is 5.32 Å². The highest BCUT2D eigenvalue weighted by atomic mass is 32.2. The van der Waals surface area contributed by atoms with E-state index in [1.807, 2.05) is 11.8 Å². The molecule has 6 heteroatoms. The van der Waals surface area contributed by atoms with Gasteiger partial charge in [0.2, 0.25) is 0 Å². The molecule has 4 nitrogen and oxygen atoms in total. The van der Waals surface area contributed by atoms with Crippen molar-refractivity contribution < 1.29 is 9.31 Å². The fourth-order valence-electron chi connectivity index (χ4n) is 2.14. The van der Waals surface area contributed by atoms with E-state index in [4.69, 9.17) is 0 Å². The molecule has 0 aliphatic carbocycles. The first-order valence-corrected chi connectivity index (χ1v) is 7.34. The van der Waals surface area contributed by atoms with Gasteiger partial charge in [0, 0.05) is 23.9 Å². The third kappa shape index (κ3) is 3.18. The number of nitrogens with zero attached hydrogens (tertiary/aromatic N) is 1. The van der Waals surface area contributed by atoms with Crippen molar-refractivity contribution in [3.05, 3.63) is 34.1 Å². The van der Waals surface area contributed by atoms with E-state index in [1.54, 1.807) is 0 Å². The number of nitro benzene ring substituents is 1. The molecule has 1 fully saturated rings. The number of nitrogens with one attached hydrogen (secondary N) is 1. The van der Waals surface area contributed by atoms with Gasteiger partial charge in [0.05, 0.1) is 4.92 Å². The summed E-state index contributed by atoms with van der Waals surface area (Å²) in [6, 6.07) is 3.63. The molecular formula is C13H17FN2O2S. The summed E-state index contributed by atoms with van der Waals surface area (Å²) >= 11 is 1.82. The SMILES string of the molecule is CC1(C)CCSCC1Nc1cc(F)ccc1[N+](=O)[O-]. The molecule has 0 spiro atoms. The Bertz CT molecular complexity index is 494. The first-order chi connectivity index (χ1) is 8.90. The number of anilines is 1. The van der Waals surface area contributed by atoms with Crippen LogP contribution in [0.3, 0.4) is 0 Å². The lowest BCUT2D eigenvalue weighted by molar-refractivity contribution is -0.384. The third-order valence-electron chi connectivity index (χ3n) is 3.60. The van der Waals surface area contributed by atoms with E-state index in [9.17, 15) is 14.5 Å². The Hall–Kier alpha value is -1.30. The molecule has 1 atom stereocenters. The molecule has 0 radical (unpaired) electrons. The van der Waals surface area contributed by atoms with Crippen molar-refractivity contribution in [3.8, 4) is 0 Å². The molecule has 19 heavy (non-hydrogen) atoms. The Balaban J connectivity index is 2.27. The number of rotatable bonds is 3. The molecule has 0 amide bonds. The van der Waals surface area contributed by atoms with Crippen molar-refractivity contribution in [1.82, 2.24) is 0 Å². The molecule has 1 aliphatic rings. The molecule has 104 valence electrons. The first kappa shape index (κ1) is 14.1. The summed E-state index contributed by atoms with van der Waals surface area (Å²) in [4.78, 5) is 10.5. The van der Waals surface area contributed by atoms with E-state index in [0.29, 0.717) is 0 Å². The standard InChI is InChI=1S/C13H17FN2O2S/c1-13(2)5-6-19-8-12(13)15-10-7-9(14)3-4-11(10)16(17)18/h3-4,7,12,15H,5-6,8H2,1-2H3. The minimum Gasteiger partial charge on any atom is -0.375 e. The van der Waals surface area contributed by atoms with Gasteiger partial charge in [0.15, 0.2) is 0 Å². The smallest absolute Gasteiger partial charge is 0.292 e. The van der Waals surface area contributed by atoms with Crippen LogP contribution in [0.2, 0.25) is 0 Å². The molecular weight excluding hydrogens is 267 g/mol. The Morgan fingerprint density at radius 3 is 2.89 bits per heavy atom. The van der Waals surface area contributed by atoms with Gasteiger partial charge in [0.25, 0.3) is 5.69 Å². The lowest BCUT2D eigenvalue weighted by Gasteiger charge is -2.39. The van der Waals surface area contributed by atoms with E-state index in [2.05, 4.69) is 19.2 Å². The number of nitro groups is 1. The summed E-state index contributed by atoms with van der Waals surface area (Å²) in [7, 11) is 0. The van der Waals surface area contributed by atoms with Crippen LogP contribution in [0.25, 0.3) is 0 Å². The highest BCUT2D eigenvalue weighted by Gasteiger charge is 2.33. The molecule has 1 aromatic carbocycles. The zero-order valence-electron chi connectivity index (χ0n) is 11.0. The summed E-state index contributed by atoms with van der Waals surface area (Å²) < 4.78 is 13.3. The second kappa shape index (κ2) is 5.36. The van der Waals surface area contributed by atoms with Crippen LogP contribution in [-0.4, -0.2) is 22.5 Å². The molecule has 1 aliphatic heterocycles. The number of benzene rings is 1. The molecule has 1 N–H and O–H groups in total. The van der Waals surface area contributed by atoms with E-state index in [1.165, 1.54) is 12.1 Å². The summed E-state index contributed by atoms with van der Waals surface area (Å²) in [5.74, 6) is 1.51. The number of hydrogen-bond donors (Lipinski definition) is 1. The minimum atomic E-state index is -0.481. The lowest BCUT2D eigenvalue weighted by atomic mass is 9.82. The molecule has 1 aromatic rings. The fraction of sp³-hybridized carbons (Fsp3) is 0.538. The van der Waals surface area contributed by atoms with Gasteiger partial charge >= 0.3 is 0 Å². The Labute approximate surface area is 115 Å². The van der Waals surface area contributed by atoms with E-state index in [0.717, 1.165) is 24.0 Å². The largest absolute Gasteiger partial charge is 0.375 e. The Kier molecular flexibility index (Phi) is 3.99. The molecule has 1 unspecified atom stereocenters. The van der Waals surface area contributed by atoms with E-state index >= 15 is 0 Å². The topological polar surface area (TPSA) is 55.2 Å². The Morgan fingerprint density at radius 2 is 2.26 bits per heavy atom. The quantitative estimate of drug-likeness (QED) is 0.679. The highest BCUT2D eigenvalue weighted by Crippen LogP contribution is 2.37. The van der Waals surface area contributed by atoms with Crippen molar-refractivity contribution in [1.29, 1.82) is 0 Å². The molecule has 2 rings (SSSR count).